The number of carboxylic acid groups (broad SMARTS) is 1. The number of benzene rings is 1. The molecule has 2 aromatic rings. The van der Waals surface area contributed by atoms with E-state index in [0.717, 1.165) is 15.4 Å². The highest BCUT2D eigenvalue weighted by Crippen LogP contribution is 2.36. The molecule has 4 heteroatoms. The minimum atomic E-state index is -0.820. The second kappa shape index (κ2) is 4.29. The van der Waals surface area contributed by atoms with E-state index in [4.69, 9.17) is 9.52 Å². The van der Waals surface area contributed by atoms with Crippen molar-refractivity contribution in [3.05, 3.63) is 34.5 Å². The Labute approximate surface area is 101 Å². The van der Waals surface area contributed by atoms with Gasteiger partial charge in [0.25, 0.3) is 0 Å². The van der Waals surface area contributed by atoms with Gasteiger partial charge in [-0.25, -0.2) is 0 Å². The molecule has 1 N–H and O–H groups in total. The Morgan fingerprint density at radius 3 is 2.81 bits per heavy atom. The zero-order valence-electron chi connectivity index (χ0n) is 8.74. The van der Waals surface area contributed by atoms with Gasteiger partial charge in [-0.1, -0.05) is 19.1 Å². The summed E-state index contributed by atoms with van der Waals surface area (Å²) in [6.45, 7) is 1.84. The number of carbonyl (C=O) groups is 1. The summed E-state index contributed by atoms with van der Waals surface area (Å²) in [4.78, 5) is 10.7. The SMILES string of the molecule is CC(CC(=O)O)c1oc2ccccc2c1Br. The van der Waals surface area contributed by atoms with E-state index in [-0.39, 0.29) is 12.3 Å². The van der Waals surface area contributed by atoms with Gasteiger partial charge in [0, 0.05) is 11.3 Å². The van der Waals surface area contributed by atoms with Crippen molar-refractivity contribution in [2.45, 2.75) is 19.3 Å². The van der Waals surface area contributed by atoms with Gasteiger partial charge in [0.15, 0.2) is 0 Å². The topological polar surface area (TPSA) is 50.4 Å². The van der Waals surface area contributed by atoms with E-state index in [2.05, 4.69) is 15.9 Å². The molecule has 0 bridgehead atoms. The first-order valence-electron chi connectivity index (χ1n) is 4.98. The van der Waals surface area contributed by atoms with Gasteiger partial charge in [0.2, 0.25) is 0 Å². The molecule has 0 radical (unpaired) electrons. The fraction of sp³-hybridized carbons (Fsp3) is 0.250. The number of aliphatic carboxylic acids is 1. The minimum absolute atomic E-state index is 0.0679. The van der Waals surface area contributed by atoms with Gasteiger partial charge in [0.1, 0.15) is 11.3 Å². The fourth-order valence-electron chi connectivity index (χ4n) is 1.70. The number of carboxylic acids is 1. The number of para-hydroxylation sites is 1. The normalized spacial score (nSPS) is 12.9. The molecule has 0 saturated heterocycles. The molecule has 16 heavy (non-hydrogen) atoms. The van der Waals surface area contributed by atoms with Crippen LogP contribution >= 0.6 is 15.9 Å². The second-order valence-electron chi connectivity index (χ2n) is 3.78. The monoisotopic (exact) mass is 282 g/mol. The lowest BCUT2D eigenvalue weighted by molar-refractivity contribution is -0.137. The molecule has 1 aromatic carbocycles. The molecule has 0 saturated carbocycles. The van der Waals surface area contributed by atoms with Gasteiger partial charge in [-0.2, -0.15) is 0 Å². The summed E-state index contributed by atoms with van der Waals surface area (Å²) in [7, 11) is 0. The highest BCUT2D eigenvalue weighted by atomic mass is 79.9. The van der Waals surface area contributed by atoms with E-state index in [0.29, 0.717) is 5.76 Å². The quantitative estimate of drug-likeness (QED) is 0.932. The van der Waals surface area contributed by atoms with Crippen molar-refractivity contribution in [3.8, 4) is 0 Å². The number of furan rings is 1. The predicted octanol–water partition coefficient (Wildman–Crippen LogP) is 3.77. The third kappa shape index (κ3) is 1.97. The van der Waals surface area contributed by atoms with Crippen molar-refractivity contribution in [1.29, 1.82) is 0 Å². The maximum absolute atomic E-state index is 10.7. The Morgan fingerprint density at radius 2 is 2.19 bits per heavy atom. The average Bonchev–Trinajstić information content (AvgIpc) is 2.56. The molecule has 1 unspecified atom stereocenters. The van der Waals surface area contributed by atoms with Crippen molar-refractivity contribution in [1.82, 2.24) is 0 Å². The van der Waals surface area contributed by atoms with Gasteiger partial charge >= 0.3 is 5.97 Å². The van der Waals surface area contributed by atoms with Crippen LogP contribution in [0.25, 0.3) is 11.0 Å². The summed E-state index contributed by atoms with van der Waals surface area (Å²) < 4.78 is 6.51. The van der Waals surface area contributed by atoms with Crippen molar-refractivity contribution in [2.24, 2.45) is 0 Å². The maximum atomic E-state index is 10.7. The molecule has 84 valence electrons. The molecule has 0 amide bonds. The lowest BCUT2D eigenvalue weighted by Gasteiger charge is -2.04. The summed E-state index contributed by atoms with van der Waals surface area (Å²) in [6, 6.07) is 7.63. The molecule has 0 aliphatic carbocycles. The van der Waals surface area contributed by atoms with Gasteiger partial charge < -0.3 is 9.52 Å². The number of hydrogen-bond acceptors (Lipinski definition) is 2. The second-order valence-corrected chi connectivity index (χ2v) is 4.57. The Balaban J connectivity index is 2.45. The van der Waals surface area contributed by atoms with E-state index in [1.54, 1.807) is 0 Å². The smallest absolute Gasteiger partial charge is 0.304 e. The van der Waals surface area contributed by atoms with Gasteiger partial charge in [0.05, 0.1) is 10.9 Å². The van der Waals surface area contributed by atoms with E-state index < -0.39 is 5.97 Å². The van der Waals surface area contributed by atoms with Crippen LogP contribution in [0.1, 0.15) is 25.0 Å². The van der Waals surface area contributed by atoms with Gasteiger partial charge in [-0.15, -0.1) is 0 Å². The van der Waals surface area contributed by atoms with Crippen LogP contribution in [-0.4, -0.2) is 11.1 Å². The Morgan fingerprint density at radius 1 is 1.50 bits per heavy atom. The molecule has 0 aliphatic rings. The molecule has 1 atom stereocenters. The summed E-state index contributed by atoms with van der Waals surface area (Å²) in [5.41, 5.74) is 0.779. The highest BCUT2D eigenvalue weighted by molar-refractivity contribution is 9.10. The largest absolute Gasteiger partial charge is 0.481 e. The number of halogens is 1. The summed E-state index contributed by atoms with van der Waals surface area (Å²) in [5.74, 6) is -0.261. The van der Waals surface area contributed by atoms with Crippen LogP contribution in [0.4, 0.5) is 0 Å². The van der Waals surface area contributed by atoms with Crippen molar-refractivity contribution in [2.75, 3.05) is 0 Å². The summed E-state index contributed by atoms with van der Waals surface area (Å²) in [5, 5.41) is 9.74. The van der Waals surface area contributed by atoms with Crippen molar-refractivity contribution < 1.29 is 14.3 Å². The van der Waals surface area contributed by atoms with E-state index in [1.807, 2.05) is 31.2 Å². The standard InChI is InChI=1S/C12H11BrO3/c1-7(6-10(14)15)12-11(13)8-4-2-3-5-9(8)16-12/h2-5,7H,6H2,1H3,(H,14,15). The fourth-order valence-corrected chi connectivity index (χ4v) is 2.50. The van der Waals surface area contributed by atoms with Crippen LogP contribution in [0.5, 0.6) is 0 Å². The lowest BCUT2D eigenvalue weighted by Crippen LogP contribution is -2.02. The first-order valence-corrected chi connectivity index (χ1v) is 5.77. The summed E-state index contributed by atoms with van der Waals surface area (Å²) >= 11 is 3.46. The molecule has 1 heterocycles. The predicted molar refractivity (Wildman–Crippen MR) is 64.6 cm³/mol. The van der Waals surface area contributed by atoms with Crippen molar-refractivity contribution >= 4 is 32.9 Å². The zero-order chi connectivity index (χ0) is 11.7. The molecule has 0 aliphatic heterocycles. The first-order chi connectivity index (χ1) is 7.59. The van der Waals surface area contributed by atoms with Crippen LogP contribution in [-0.2, 0) is 4.79 Å². The van der Waals surface area contributed by atoms with Crippen LogP contribution in [0.3, 0.4) is 0 Å². The Hall–Kier alpha value is -1.29. The zero-order valence-corrected chi connectivity index (χ0v) is 10.3. The number of fused-ring (bicyclic) bond motifs is 1. The molecule has 0 spiro atoms. The van der Waals surface area contributed by atoms with Crippen LogP contribution in [0.15, 0.2) is 33.2 Å². The van der Waals surface area contributed by atoms with Crippen molar-refractivity contribution in [3.63, 3.8) is 0 Å². The Bertz CT molecular complexity index is 530. The maximum Gasteiger partial charge on any atom is 0.304 e. The minimum Gasteiger partial charge on any atom is -0.481 e. The molecule has 3 nitrogen and oxygen atoms in total. The van der Waals surface area contributed by atoms with Crippen LogP contribution < -0.4 is 0 Å². The molecular formula is C12H11BrO3. The molecule has 2 rings (SSSR count). The third-order valence-electron chi connectivity index (χ3n) is 2.49. The number of rotatable bonds is 3. The highest BCUT2D eigenvalue weighted by Gasteiger charge is 2.19. The first kappa shape index (κ1) is 11.2. The molecule has 1 aromatic heterocycles. The van der Waals surface area contributed by atoms with Gasteiger partial charge in [-0.05, 0) is 28.1 Å². The third-order valence-corrected chi connectivity index (χ3v) is 3.31. The van der Waals surface area contributed by atoms with Crippen LogP contribution in [0, 0.1) is 0 Å². The number of hydrogen-bond donors (Lipinski definition) is 1. The van der Waals surface area contributed by atoms with E-state index >= 15 is 0 Å². The summed E-state index contributed by atoms with van der Waals surface area (Å²) in [6.07, 6.45) is 0.0679. The van der Waals surface area contributed by atoms with Crippen LogP contribution in [0.2, 0.25) is 0 Å². The molecule has 0 fully saturated rings. The van der Waals surface area contributed by atoms with E-state index in [9.17, 15) is 4.79 Å². The average molecular weight is 283 g/mol. The van der Waals surface area contributed by atoms with Gasteiger partial charge in [-0.3, -0.25) is 4.79 Å². The van der Waals surface area contributed by atoms with E-state index in [1.165, 1.54) is 0 Å². The lowest BCUT2D eigenvalue weighted by atomic mass is 10.1. The Kier molecular flexibility index (Phi) is 3.01. The molecular weight excluding hydrogens is 272 g/mol.